The number of thioether (sulfide) groups is 1. The van der Waals surface area contributed by atoms with Crippen LogP contribution in [0.15, 0.2) is 17.0 Å². The zero-order valence-electron chi connectivity index (χ0n) is 15.8. The number of amides is 2. The summed E-state index contributed by atoms with van der Waals surface area (Å²) in [6.45, 7) is 4.99. The van der Waals surface area contributed by atoms with E-state index in [2.05, 4.69) is 22.4 Å². The van der Waals surface area contributed by atoms with Crippen molar-refractivity contribution in [1.82, 2.24) is 9.88 Å². The molecule has 4 rings (SSSR count). The van der Waals surface area contributed by atoms with E-state index in [1.165, 1.54) is 31.1 Å². The highest BCUT2D eigenvalue weighted by Crippen LogP contribution is 2.40. The number of nitrogens with zero attached hydrogens (tertiary/aromatic N) is 2. The van der Waals surface area contributed by atoms with E-state index >= 15 is 0 Å². The van der Waals surface area contributed by atoms with Gasteiger partial charge in [-0.2, -0.15) is 0 Å². The summed E-state index contributed by atoms with van der Waals surface area (Å²) < 4.78 is 0. The lowest BCUT2D eigenvalue weighted by molar-refractivity contribution is -0.114. The van der Waals surface area contributed by atoms with Crippen molar-refractivity contribution in [2.75, 3.05) is 18.1 Å². The van der Waals surface area contributed by atoms with E-state index in [9.17, 15) is 9.59 Å². The molecule has 1 N–H and O–H groups in total. The molecule has 27 heavy (non-hydrogen) atoms. The third-order valence-electron chi connectivity index (χ3n) is 5.11. The van der Waals surface area contributed by atoms with Crippen molar-refractivity contribution in [3.63, 3.8) is 0 Å². The second-order valence-electron chi connectivity index (χ2n) is 7.29. The highest BCUT2D eigenvalue weighted by molar-refractivity contribution is 7.98. The molecule has 0 spiro atoms. The summed E-state index contributed by atoms with van der Waals surface area (Å²) in [5, 5.41) is 3.38. The Balaban J connectivity index is 1.65. The number of hydrogen-bond donors (Lipinski definition) is 1. The fourth-order valence-corrected chi connectivity index (χ4v) is 5.23. The molecule has 142 valence electrons. The first kappa shape index (κ1) is 18.5. The van der Waals surface area contributed by atoms with Crippen LogP contribution < -0.4 is 5.32 Å². The molecule has 1 aromatic carbocycles. The van der Waals surface area contributed by atoms with Crippen LogP contribution in [0.4, 0.5) is 5.13 Å². The monoisotopic (exact) mass is 401 g/mol. The number of aromatic nitrogens is 1. The van der Waals surface area contributed by atoms with Gasteiger partial charge in [0.15, 0.2) is 5.13 Å². The summed E-state index contributed by atoms with van der Waals surface area (Å²) in [7, 11) is 0. The summed E-state index contributed by atoms with van der Waals surface area (Å²) in [6, 6.07) is 4.21. The van der Waals surface area contributed by atoms with Gasteiger partial charge >= 0.3 is 0 Å². The highest BCUT2D eigenvalue weighted by atomic mass is 32.2. The van der Waals surface area contributed by atoms with Gasteiger partial charge in [-0.05, 0) is 48.8 Å². The fraction of sp³-hybridized carbons (Fsp3) is 0.450. The van der Waals surface area contributed by atoms with Gasteiger partial charge in [-0.3, -0.25) is 9.59 Å². The number of hydrogen-bond acceptors (Lipinski definition) is 5. The Hall–Kier alpha value is -1.86. The minimum Gasteiger partial charge on any atom is -0.334 e. The molecule has 5 nitrogen and oxygen atoms in total. The van der Waals surface area contributed by atoms with E-state index in [1.807, 2.05) is 18.1 Å². The molecule has 1 saturated carbocycles. The van der Waals surface area contributed by atoms with Crippen molar-refractivity contribution in [1.29, 1.82) is 0 Å². The zero-order chi connectivity index (χ0) is 19.1. The standard InChI is InChI=1S/C20H23N3O2S2/c1-11-18(27-20(21-11)22-12(2)24)14-8-15-10-23(7-6-13-4-5-13)19(25)17(15)16(9-14)26-3/h8-9,13H,4-7,10H2,1-3H3,(H,21,22,24). The summed E-state index contributed by atoms with van der Waals surface area (Å²) in [5.74, 6) is 0.872. The molecule has 1 aliphatic carbocycles. The molecule has 2 amide bonds. The minimum absolute atomic E-state index is 0.119. The lowest BCUT2D eigenvalue weighted by Gasteiger charge is -2.15. The average molecular weight is 402 g/mol. The van der Waals surface area contributed by atoms with Gasteiger partial charge in [-0.15, -0.1) is 11.8 Å². The lowest BCUT2D eigenvalue weighted by Crippen LogP contribution is -2.25. The topological polar surface area (TPSA) is 62.3 Å². The van der Waals surface area contributed by atoms with Crippen LogP contribution in [-0.2, 0) is 11.3 Å². The van der Waals surface area contributed by atoms with Crippen LogP contribution in [0.5, 0.6) is 0 Å². The molecule has 2 aliphatic rings. The summed E-state index contributed by atoms with van der Waals surface area (Å²) >= 11 is 3.09. The zero-order valence-corrected chi connectivity index (χ0v) is 17.4. The van der Waals surface area contributed by atoms with Crippen LogP contribution in [-0.4, -0.2) is 34.5 Å². The van der Waals surface area contributed by atoms with Crippen LogP contribution in [0.1, 0.15) is 47.8 Å². The lowest BCUT2D eigenvalue weighted by atomic mass is 10.0. The van der Waals surface area contributed by atoms with Crippen LogP contribution in [0, 0.1) is 12.8 Å². The number of thiazole rings is 1. The Morgan fingerprint density at radius 3 is 2.85 bits per heavy atom. The van der Waals surface area contributed by atoms with E-state index in [0.29, 0.717) is 11.7 Å². The number of anilines is 1. The Morgan fingerprint density at radius 2 is 2.19 bits per heavy atom. The third-order valence-corrected chi connectivity index (χ3v) is 7.00. The van der Waals surface area contributed by atoms with Crippen molar-refractivity contribution in [2.45, 2.75) is 44.6 Å². The smallest absolute Gasteiger partial charge is 0.255 e. The van der Waals surface area contributed by atoms with Crippen molar-refractivity contribution in [3.05, 3.63) is 29.0 Å². The molecular weight excluding hydrogens is 378 g/mol. The molecule has 1 fully saturated rings. The Morgan fingerprint density at radius 1 is 1.41 bits per heavy atom. The number of fused-ring (bicyclic) bond motifs is 1. The van der Waals surface area contributed by atoms with Gasteiger partial charge in [0.05, 0.1) is 16.1 Å². The molecule has 0 saturated heterocycles. The first-order valence-corrected chi connectivity index (χ1v) is 11.3. The predicted octanol–water partition coefficient (Wildman–Crippen LogP) is 4.55. The van der Waals surface area contributed by atoms with Crippen LogP contribution in [0.3, 0.4) is 0 Å². The first-order chi connectivity index (χ1) is 13.0. The number of carbonyl (C=O) groups is 2. The van der Waals surface area contributed by atoms with Crippen LogP contribution in [0.2, 0.25) is 0 Å². The van der Waals surface area contributed by atoms with Crippen LogP contribution >= 0.6 is 23.1 Å². The van der Waals surface area contributed by atoms with Gasteiger partial charge in [-0.1, -0.05) is 24.2 Å². The average Bonchev–Trinajstić information content (AvgIpc) is 3.31. The second-order valence-corrected chi connectivity index (χ2v) is 9.13. The molecule has 0 bridgehead atoms. The molecule has 0 atom stereocenters. The maximum absolute atomic E-state index is 12.9. The van der Waals surface area contributed by atoms with Gasteiger partial charge < -0.3 is 10.2 Å². The van der Waals surface area contributed by atoms with Gasteiger partial charge in [0, 0.05) is 24.9 Å². The maximum Gasteiger partial charge on any atom is 0.255 e. The number of aryl methyl sites for hydroxylation is 1. The number of nitrogens with one attached hydrogen (secondary N) is 1. The molecular formula is C20H23N3O2S2. The Kier molecular flexibility index (Phi) is 4.99. The van der Waals surface area contributed by atoms with Crippen molar-refractivity contribution in [2.24, 2.45) is 5.92 Å². The molecule has 1 aliphatic heterocycles. The molecule has 1 aromatic heterocycles. The number of carbonyl (C=O) groups excluding carboxylic acids is 2. The number of benzene rings is 1. The minimum atomic E-state index is -0.119. The van der Waals surface area contributed by atoms with E-state index in [0.717, 1.165) is 51.0 Å². The van der Waals surface area contributed by atoms with E-state index in [4.69, 9.17) is 0 Å². The SMILES string of the molecule is CSc1cc(-c2sc(NC(C)=O)nc2C)cc2c1C(=O)N(CCC1CC1)C2. The molecule has 0 radical (unpaired) electrons. The van der Waals surface area contributed by atoms with E-state index in [1.54, 1.807) is 11.8 Å². The largest absolute Gasteiger partial charge is 0.334 e. The highest BCUT2D eigenvalue weighted by Gasteiger charge is 2.32. The molecule has 0 unspecified atom stereocenters. The third kappa shape index (κ3) is 3.75. The quantitative estimate of drug-likeness (QED) is 0.721. The Labute approximate surface area is 167 Å². The van der Waals surface area contributed by atoms with E-state index in [-0.39, 0.29) is 11.8 Å². The summed E-state index contributed by atoms with van der Waals surface area (Å²) in [5.41, 5.74) is 3.94. The van der Waals surface area contributed by atoms with Gasteiger partial charge in [0.1, 0.15) is 0 Å². The normalized spacial score (nSPS) is 16.0. The molecule has 7 heteroatoms. The van der Waals surface area contributed by atoms with Crippen molar-refractivity contribution >= 4 is 40.0 Å². The van der Waals surface area contributed by atoms with Crippen LogP contribution in [0.25, 0.3) is 10.4 Å². The fourth-order valence-electron chi connectivity index (χ4n) is 3.56. The van der Waals surface area contributed by atoms with Gasteiger partial charge in [-0.25, -0.2) is 4.98 Å². The predicted molar refractivity (Wildman–Crippen MR) is 110 cm³/mol. The first-order valence-electron chi connectivity index (χ1n) is 9.22. The van der Waals surface area contributed by atoms with Crippen molar-refractivity contribution in [3.8, 4) is 10.4 Å². The maximum atomic E-state index is 12.9. The summed E-state index contributed by atoms with van der Waals surface area (Å²) in [6.07, 6.45) is 5.77. The van der Waals surface area contributed by atoms with E-state index < -0.39 is 0 Å². The Bertz CT molecular complexity index is 918. The molecule has 2 heterocycles. The summed E-state index contributed by atoms with van der Waals surface area (Å²) in [4.78, 5) is 32.7. The van der Waals surface area contributed by atoms with Gasteiger partial charge in [0.25, 0.3) is 5.91 Å². The van der Waals surface area contributed by atoms with Crippen molar-refractivity contribution < 1.29 is 9.59 Å². The number of rotatable bonds is 6. The second kappa shape index (κ2) is 7.28. The van der Waals surface area contributed by atoms with Gasteiger partial charge in [0.2, 0.25) is 5.91 Å². The molecule has 2 aromatic rings.